The van der Waals surface area contributed by atoms with Gasteiger partial charge in [-0.05, 0) is 30.9 Å². The number of nitrogens with zero attached hydrogens (tertiary/aromatic N) is 6. The second-order valence-corrected chi connectivity index (χ2v) is 7.85. The predicted octanol–water partition coefficient (Wildman–Crippen LogP) is 2.15. The van der Waals surface area contributed by atoms with Crippen LogP contribution in [0.2, 0.25) is 5.02 Å². The highest BCUT2D eigenvalue weighted by Gasteiger charge is 2.37. The number of aromatic nitrogens is 6. The Morgan fingerprint density at radius 2 is 2.06 bits per heavy atom. The molecule has 1 aliphatic carbocycles. The van der Waals surface area contributed by atoms with Gasteiger partial charge in [-0.1, -0.05) is 17.7 Å². The van der Waals surface area contributed by atoms with Crippen LogP contribution in [0, 0.1) is 17.2 Å². The molecule has 1 unspecified atom stereocenters. The molecule has 1 atom stereocenters. The average Bonchev–Trinajstić information content (AvgIpc) is 3.46. The van der Waals surface area contributed by atoms with E-state index in [4.69, 9.17) is 28.1 Å². The molecule has 0 aliphatic heterocycles. The first kappa shape index (κ1) is 19.8. The van der Waals surface area contributed by atoms with E-state index in [0.29, 0.717) is 27.6 Å². The first-order chi connectivity index (χ1) is 15.5. The molecular weight excluding hydrogens is 432 g/mol. The molecule has 32 heavy (non-hydrogen) atoms. The van der Waals surface area contributed by atoms with Crippen molar-refractivity contribution in [3.63, 3.8) is 0 Å². The lowest BCUT2D eigenvalue weighted by Crippen LogP contribution is -2.30. The zero-order valence-corrected chi connectivity index (χ0v) is 17.3. The summed E-state index contributed by atoms with van der Waals surface area (Å²) < 4.78 is 1.44. The Hall–Kier alpha value is -4.17. The summed E-state index contributed by atoms with van der Waals surface area (Å²) in [6.07, 6.45) is 3.41. The molecule has 1 aromatic carbocycles. The maximum atomic E-state index is 13.5. The number of halogens is 1. The van der Waals surface area contributed by atoms with Crippen LogP contribution < -0.4 is 22.3 Å². The van der Waals surface area contributed by atoms with Gasteiger partial charge in [0.2, 0.25) is 5.95 Å². The van der Waals surface area contributed by atoms with E-state index in [2.05, 4.69) is 25.5 Å². The normalized spacial score (nSPS) is 14.2. The van der Waals surface area contributed by atoms with Crippen LogP contribution in [-0.4, -0.2) is 29.7 Å². The molecule has 160 valence electrons. The fourth-order valence-corrected chi connectivity index (χ4v) is 3.90. The Morgan fingerprint density at radius 1 is 1.25 bits per heavy atom. The molecule has 6 N–H and O–H groups in total. The first-order valence-corrected chi connectivity index (χ1v) is 10.2. The van der Waals surface area contributed by atoms with Crippen molar-refractivity contribution in [2.75, 3.05) is 16.8 Å². The van der Waals surface area contributed by atoms with E-state index in [0.717, 1.165) is 12.8 Å². The predicted molar refractivity (Wildman–Crippen MR) is 119 cm³/mol. The maximum absolute atomic E-state index is 13.5. The molecule has 1 fully saturated rings. The molecule has 0 spiro atoms. The molecule has 1 aliphatic rings. The zero-order chi connectivity index (χ0) is 22.4. The number of para-hydroxylation sites is 1. The molecule has 3 heterocycles. The van der Waals surface area contributed by atoms with Crippen molar-refractivity contribution in [2.24, 2.45) is 5.92 Å². The quantitative estimate of drug-likeness (QED) is 0.356. The zero-order valence-electron chi connectivity index (χ0n) is 16.6. The van der Waals surface area contributed by atoms with Crippen molar-refractivity contribution in [3.05, 3.63) is 57.2 Å². The number of aromatic amines is 1. The van der Waals surface area contributed by atoms with Crippen LogP contribution in [0.4, 0.5) is 17.6 Å². The largest absolute Gasteiger partial charge is 0.382 e. The fraction of sp³-hybridized carbons (Fsp3) is 0.200. The van der Waals surface area contributed by atoms with E-state index < -0.39 is 6.04 Å². The first-order valence-electron chi connectivity index (χ1n) is 9.79. The topological polar surface area (TPSA) is 177 Å². The van der Waals surface area contributed by atoms with Crippen molar-refractivity contribution in [3.8, 4) is 11.9 Å². The van der Waals surface area contributed by atoms with Crippen LogP contribution >= 0.6 is 11.6 Å². The fourth-order valence-electron chi connectivity index (χ4n) is 3.68. The molecule has 1 saturated carbocycles. The van der Waals surface area contributed by atoms with Crippen molar-refractivity contribution in [1.29, 1.82) is 5.26 Å². The van der Waals surface area contributed by atoms with Crippen molar-refractivity contribution in [2.45, 2.75) is 18.9 Å². The van der Waals surface area contributed by atoms with Gasteiger partial charge in [-0.25, -0.2) is 9.55 Å². The Morgan fingerprint density at radius 3 is 2.75 bits per heavy atom. The number of anilines is 3. The van der Waals surface area contributed by atoms with E-state index >= 15 is 0 Å². The number of benzene rings is 1. The molecule has 0 amide bonds. The number of rotatable bonds is 5. The van der Waals surface area contributed by atoms with E-state index in [1.54, 1.807) is 30.5 Å². The second-order valence-electron chi connectivity index (χ2n) is 7.44. The molecule has 3 aromatic heterocycles. The lowest BCUT2D eigenvalue weighted by atomic mass is 10.1. The number of nitriles is 1. The summed E-state index contributed by atoms with van der Waals surface area (Å²) in [6.45, 7) is 0. The molecule has 4 aromatic rings. The number of hydrogen-bond acceptors (Lipinski definition) is 9. The van der Waals surface area contributed by atoms with Gasteiger partial charge in [0.1, 0.15) is 23.3 Å². The van der Waals surface area contributed by atoms with Crippen molar-refractivity contribution < 1.29 is 0 Å². The van der Waals surface area contributed by atoms with Crippen LogP contribution in [0.5, 0.6) is 0 Å². The standard InChI is InChI=1S/C20H17ClN10O/c21-12-3-1-2-10-15(12)27-18(31(19(10)32)13-6-7-25-30-13)14(9-4-5-9)26-17-11(8-22)16(23)28-20(24)29-17/h1-3,6-7,9,14H,4-5H2,(H,25,30)(H5,23,24,26,28,29). The molecule has 5 rings (SSSR count). The minimum absolute atomic E-state index is 0.0312. The number of hydrogen-bond donors (Lipinski definition) is 4. The smallest absolute Gasteiger partial charge is 0.267 e. The number of H-pyrrole nitrogens is 1. The third-order valence-electron chi connectivity index (χ3n) is 5.32. The average molecular weight is 449 g/mol. The lowest BCUT2D eigenvalue weighted by molar-refractivity contribution is 0.605. The second kappa shape index (κ2) is 7.51. The number of nitrogens with two attached hydrogens (primary N) is 2. The van der Waals surface area contributed by atoms with Gasteiger partial charge < -0.3 is 16.8 Å². The Balaban J connectivity index is 1.75. The molecule has 12 heteroatoms. The summed E-state index contributed by atoms with van der Waals surface area (Å²) in [5, 5.41) is 20.4. The Labute approximate surface area is 186 Å². The van der Waals surface area contributed by atoms with E-state index in [1.807, 2.05) is 6.07 Å². The third kappa shape index (κ3) is 3.27. The van der Waals surface area contributed by atoms with E-state index in [9.17, 15) is 10.1 Å². The van der Waals surface area contributed by atoms with Crippen LogP contribution in [-0.2, 0) is 0 Å². The summed E-state index contributed by atoms with van der Waals surface area (Å²) in [7, 11) is 0. The van der Waals surface area contributed by atoms with E-state index in [1.165, 1.54) is 4.57 Å². The van der Waals surface area contributed by atoms with Gasteiger partial charge in [-0.3, -0.25) is 9.89 Å². The summed E-state index contributed by atoms with van der Waals surface area (Å²) in [4.78, 5) is 26.3. The summed E-state index contributed by atoms with van der Waals surface area (Å²) in [6, 6.07) is 8.24. The number of nitrogen functional groups attached to an aromatic ring is 2. The lowest BCUT2D eigenvalue weighted by Gasteiger charge is -2.23. The number of fused-ring (bicyclic) bond motifs is 1. The minimum Gasteiger partial charge on any atom is -0.382 e. The third-order valence-corrected chi connectivity index (χ3v) is 5.63. The highest BCUT2D eigenvalue weighted by Crippen LogP contribution is 2.43. The van der Waals surface area contributed by atoms with Crippen LogP contribution in [0.15, 0.2) is 35.3 Å². The van der Waals surface area contributed by atoms with Gasteiger partial charge in [-0.15, -0.1) is 0 Å². The molecule has 0 bridgehead atoms. The molecule has 11 nitrogen and oxygen atoms in total. The molecule has 0 saturated heterocycles. The van der Waals surface area contributed by atoms with Crippen molar-refractivity contribution in [1.82, 2.24) is 29.7 Å². The monoisotopic (exact) mass is 448 g/mol. The molecular formula is C20H17ClN10O. The Kier molecular flexibility index (Phi) is 4.64. The van der Waals surface area contributed by atoms with Crippen molar-refractivity contribution >= 4 is 40.1 Å². The maximum Gasteiger partial charge on any atom is 0.267 e. The number of nitrogens with one attached hydrogen (secondary N) is 2. The summed E-state index contributed by atoms with van der Waals surface area (Å²) in [5.41, 5.74) is 11.8. The van der Waals surface area contributed by atoms with Gasteiger partial charge in [0.25, 0.3) is 5.56 Å². The van der Waals surface area contributed by atoms with Crippen LogP contribution in [0.1, 0.15) is 30.3 Å². The van der Waals surface area contributed by atoms with Gasteiger partial charge in [0, 0.05) is 12.3 Å². The highest BCUT2D eigenvalue weighted by molar-refractivity contribution is 6.35. The molecule has 0 radical (unpaired) electrons. The highest BCUT2D eigenvalue weighted by atomic mass is 35.5. The SMILES string of the molecule is N#Cc1c(N)nc(N)nc1NC(c1nc2c(Cl)cccc2c(=O)n1-c1cc[nH]n1)C1CC1. The minimum atomic E-state index is -0.485. The van der Waals surface area contributed by atoms with Gasteiger partial charge in [0.05, 0.1) is 22.0 Å². The summed E-state index contributed by atoms with van der Waals surface area (Å²) in [5.74, 6) is 0.986. The Bertz CT molecular complexity index is 1440. The van der Waals surface area contributed by atoms with Gasteiger partial charge >= 0.3 is 0 Å². The van der Waals surface area contributed by atoms with Gasteiger partial charge in [-0.2, -0.15) is 20.3 Å². The van der Waals surface area contributed by atoms with Gasteiger partial charge in [0.15, 0.2) is 11.6 Å². The summed E-state index contributed by atoms with van der Waals surface area (Å²) >= 11 is 6.38. The van der Waals surface area contributed by atoms with E-state index in [-0.39, 0.29) is 34.6 Å². The van der Waals surface area contributed by atoms with Crippen LogP contribution in [0.25, 0.3) is 16.7 Å². The van der Waals surface area contributed by atoms with Crippen LogP contribution in [0.3, 0.4) is 0 Å².